The van der Waals surface area contributed by atoms with E-state index in [1.807, 2.05) is 31.2 Å². The number of nitrogens with one attached hydrogen (secondary N) is 2. The van der Waals surface area contributed by atoms with E-state index < -0.39 is 11.6 Å². The van der Waals surface area contributed by atoms with Gasteiger partial charge in [0, 0.05) is 6.54 Å². The van der Waals surface area contributed by atoms with E-state index in [2.05, 4.69) is 20.6 Å². The topological polar surface area (TPSA) is 66.9 Å². The highest BCUT2D eigenvalue weighted by molar-refractivity contribution is 5.92. The predicted molar refractivity (Wildman–Crippen MR) is 94.0 cm³/mol. The maximum Gasteiger partial charge on any atom is 0.271 e. The van der Waals surface area contributed by atoms with Gasteiger partial charge in [-0.1, -0.05) is 35.9 Å². The third kappa shape index (κ3) is 4.18. The van der Waals surface area contributed by atoms with Gasteiger partial charge in [0.15, 0.2) is 0 Å². The third-order valence-electron chi connectivity index (χ3n) is 3.64. The van der Waals surface area contributed by atoms with Crippen LogP contribution in [0, 0.1) is 18.6 Å². The zero-order chi connectivity index (χ0) is 18.5. The van der Waals surface area contributed by atoms with Crippen molar-refractivity contribution in [2.75, 3.05) is 5.32 Å². The van der Waals surface area contributed by atoms with Gasteiger partial charge in [-0.3, -0.25) is 4.79 Å². The van der Waals surface area contributed by atoms with Crippen LogP contribution in [0.2, 0.25) is 0 Å². The first-order valence-electron chi connectivity index (χ1n) is 7.90. The number of hydrogen-bond donors (Lipinski definition) is 2. The molecule has 0 unspecified atom stereocenters. The van der Waals surface area contributed by atoms with Gasteiger partial charge in [0.2, 0.25) is 0 Å². The van der Waals surface area contributed by atoms with Crippen molar-refractivity contribution in [1.82, 2.24) is 15.3 Å². The van der Waals surface area contributed by atoms with Gasteiger partial charge in [-0.05, 0) is 24.6 Å². The van der Waals surface area contributed by atoms with E-state index in [1.54, 1.807) is 0 Å². The molecule has 0 aliphatic carbocycles. The first kappa shape index (κ1) is 17.5. The number of anilines is 2. The molecule has 0 atom stereocenters. The fraction of sp³-hybridized carbons (Fsp3) is 0.105. The first-order valence-corrected chi connectivity index (χ1v) is 7.90. The van der Waals surface area contributed by atoms with E-state index in [0.717, 1.165) is 23.3 Å². The van der Waals surface area contributed by atoms with E-state index in [9.17, 15) is 13.6 Å². The lowest BCUT2D eigenvalue weighted by atomic mass is 10.1. The molecule has 0 fully saturated rings. The maximum absolute atomic E-state index is 13.6. The van der Waals surface area contributed by atoms with Crippen LogP contribution >= 0.6 is 0 Å². The molecule has 0 spiro atoms. The van der Waals surface area contributed by atoms with Crippen molar-refractivity contribution in [3.05, 3.63) is 83.3 Å². The Hall–Kier alpha value is -3.35. The highest BCUT2D eigenvalue weighted by Gasteiger charge is 2.11. The standard InChI is InChI=1S/C19H16F2N4O/c1-12-4-2-5-13(8-12)9-24-19(26)16-10-23-17(11-22-16)25-18-14(20)6-3-7-15(18)21/h2-8,10-11H,9H2,1H3,(H,23,25)(H,24,26). The van der Waals surface area contributed by atoms with Gasteiger partial charge >= 0.3 is 0 Å². The number of halogens is 2. The van der Waals surface area contributed by atoms with Crippen LogP contribution in [0.25, 0.3) is 0 Å². The van der Waals surface area contributed by atoms with Crippen LogP contribution in [-0.2, 0) is 6.54 Å². The molecule has 3 aromatic rings. The zero-order valence-electron chi connectivity index (χ0n) is 14.0. The molecule has 7 heteroatoms. The van der Waals surface area contributed by atoms with E-state index in [1.165, 1.54) is 18.5 Å². The van der Waals surface area contributed by atoms with Gasteiger partial charge in [0.05, 0.1) is 12.4 Å². The van der Waals surface area contributed by atoms with Crippen molar-refractivity contribution in [2.45, 2.75) is 13.5 Å². The number of aryl methyl sites for hydroxylation is 1. The Bertz CT molecular complexity index is 909. The second kappa shape index (κ2) is 7.69. The number of rotatable bonds is 5. The molecule has 26 heavy (non-hydrogen) atoms. The molecule has 132 valence electrons. The SMILES string of the molecule is Cc1cccc(CNC(=O)c2cnc(Nc3c(F)cccc3F)cn2)c1. The first-order chi connectivity index (χ1) is 12.5. The molecule has 1 heterocycles. The average Bonchev–Trinajstić information content (AvgIpc) is 2.63. The second-order valence-corrected chi connectivity index (χ2v) is 5.68. The van der Waals surface area contributed by atoms with Crippen LogP contribution in [0.1, 0.15) is 21.6 Å². The Labute approximate surface area is 149 Å². The highest BCUT2D eigenvalue weighted by atomic mass is 19.1. The summed E-state index contributed by atoms with van der Waals surface area (Å²) in [5, 5.41) is 5.26. The van der Waals surface area contributed by atoms with Crippen LogP contribution in [-0.4, -0.2) is 15.9 Å². The van der Waals surface area contributed by atoms with Gasteiger partial charge in [-0.25, -0.2) is 18.7 Å². The number of nitrogens with zero attached hydrogens (tertiary/aromatic N) is 2. The number of aromatic nitrogens is 2. The fourth-order valence-corrected chi connectivity index (χ4v) is 2.35. The van der Waals surface area contributed by atoms with Crippen molar-refractivity contribution in [2.24, 2.45) is 0 Å². The Morgan fingerprint density at radius 1 is 1.04 bits per heavy atom. The molecule has 0 bridgehead atoms. The minimum absolute atomic E-state index is 0.109. The quantitative estimate of drug-likeness (QED) is 0.733. The summed E-state index contributed by atoms with van der Waals surface area (Å²) in [5.41, 5.74) is 1.86. The Balaban J connectivity index is 1.64. The van der Waals surface area contributed by atoms with Gasteiger partial charge in [0.1, 0.15) is 28.8 Å². The minimum atomic E-state index is -0.744. The number of carbonyl (C=O) groups is 1. The molecule has 0 radical (unpaired) electrons. The predicted octanol–water partition coefficient (Wildman–Crippen LogP) is 3.74. The summed E-state index contributed by atoms with van der Waals surface area (Å²) < 4.78 is 27.2. The minimum Gasteiger partial charge on any atom is -0.347 e. The number of carbonyl (C=O) groups excluding carboxylic acids is 1. The molecular formula is C19H16F2N4O. The summed E-state index contributed by atoms with van der Waals surface area (Å²) in [7, 11) is 0. The summed E-state index contributed by atoms with van der Waals surface area (Å²) in [4.78, 5) is 20.1. The molecule has 0 aliphatic rings. The van der Waals surface area contributed by atoms with Crippen molar-refractivity contribution in [1.29, 1.82) is 0 Å². The highest BCUT2D eigenvalue weighted by Crippen LogP contribution is 2.21. The summed E-state index contributed by atoms with van der Waals surface area (Å²) in [6.07, 6.45) is 2.49. The average molecular weight is 354 g/mol. The van der Waals surface area contributed by atoms with Crippen LogP contribution in [0.5, 0.6) is 0 Å². The van der Waals surface area contributed by atoms with Crippen LogP contribution in [0.15, 0.2) is 54.9 Å². The molecule has 1 aromatic heterocycles. The number of hydrogen-bond acceptors (Lipinski definition) is 4. The van der Waals surface area contributed by atoms with Gasteiger partial charge in [-0.15, -0.1) is 0 Å². The smallest absolute Gasteiger partial charge is 0.271 e. The van der Waals surface area contributed by atoms with E-state index in [-0.39, 0.29) is 23.1 Å². The molecule has 3 rings (SSSR count). The molecule has 0 saturated heterocycles. The summed E-state index contributed by atoms with van der Waals surface area (Å²) >= 11 is 0. The Morgan fingerprint density at radius 3 is 2.42 bits per heavy atom. The Morgan fingerprint density at radius 2 is 1.77 bits per heavy atom. The third-order valence-corrected chi connectivity index (χ3v) is 3.64. The normalized spacial score (nSPS) is 10.4. The largest absolute Gasteiger partial charge is 0.347 e. The van der Waals surface area contributed by atoms with Crippen LogP contribution < -0.4 is 10.6 Å². The molecule has 0 saturated carbocycles. The maximum atomic E-state index is 13.6. The van der Waals surface area contributed by atoms with E-state index >= 15 is 0 Å². The second-order valence-electron chi connectivity index (χ2n) is 5.68. The summed E-state index contributed by atoms with van der Waals surface area (Å²) in [6.45, 7) is 2.34. The number of benzene rings is 2. The van der Waals surface area contributed by atoms with Gasteiger partial charge in [-0.2, -0.15) is 0 Å². The molecule has 0 aliphatic heterocycles. The van der Waals surface area contributed by atoms with Crippen molar-refractivity contribution in [3.8, 4) is 0 Å². The molecule has 1 amide bonds. The Kier molecular flexibility index (Phi) is 5.17. The molecule has 5 nitrogen and oxygen atoms in total. The lowest BCUT2D eigenvalue weighted by Gasteiger charge is -2.08. The lowest BCUT2D eigenvalue weighted by molar-refractivity contribution is 0.0945. The van der Waals surface area contributed by atoms with Crippen molar-refractivity contribution >= 4 is 17.4 Å². The summed E-state index contributed by atoms with van der Waals surface area (Å²) in [5.74, 6) is -1.74. The van der Waals surface area contributed by atoms with Crippen molar-refractivity contribution in [3.63, 3.8) is 0 Å². The van der Waals surface area contributed by atoms with Gasteiger partial charge in [0.25, 0.3) is 5.91 Å². The zero-order valence-corrected chi connectivity index (χ0v) is 14.0. The van der Waals surface area contributed by atoms with Crippen LogP contribution in [0.3, 0.4) is 0 Å². The van der Waals surface area contributed by atoms with Crippen molar-refractivity contribution < 1.29 is 13.6 Å². The fourth-order valence-electron chi connectivity index (χ4n) is 2.35. The summed E-state index contributed by atoms with van der Waals surface area (Å²) in [6, 6.07) is 11.3. The molecule has 2 N–H and O–H groups in total. The monoisotopic (exact) mass is 354 g/mol. The lowest BCUT2D eigenvalue weighted by Crippen LogP contribution is -2.24. The molecular weight excluding hydrogens is 338 g/mol. The van der Waals surface area contributed by atoms with Gasteiger partial charge < -0.3 is 10.6 Å². The van der Waals surface area contributed by atoms with E-state index in [0.29, 0.717) is 6.54 Å². The van der Waals surface area contributed by atoms with Crippen LogP contribution in [0.4, 0.5) is 20.3 Å². The number of para-hydroxylation sites is 1. The number of amides is 1. The van der Waals surface area contributed by atoms with E-state index in [4.69, 9.17) is 0 Å². The molecule has 2 aromatic carbocycles.